The Morgan fingerprint density at radius 2 is 1.82 bits per heavy atom. The molecule has 0 spiro atoms. The minimum absolute atomic E-state index is 0.190. The van der Waals surface area contributed by atoms with Crippen LogP contribution in [0, 0.1) is 11.3 Å². The molecule has 1 unspecified atom stereocenters. The average Bonchev–Trinajstić information content (AvgIpc) is 3.29. The summed E-state index contributed by atoms with van der Waals surface area (Å²) in [6, 6.07) is 22.3. The Kier molecular flexibility index (Phi) is 7.15. The first-order chi connectivity index (χ1) is 16.1. The zero-order valence-electron chi connectivity index (χ0n) is 17.7. The monoisotopic (exact) mass is 454 g/mol. The first-order valence-corrected chi connectivity index (χ1v) is 10.8. The number of carbonyl (C=O) groups excluding carboxylic acids is 1. The molecule has 2 N–H and O–H groups in total. The maximum Gasteiger partial charge on any atom is 0.247 e. The van der Waals surface area contributed by atoms with Gasteiger partial charge >= 0.3 is 0 Å². The lowest BCUT2D eigenvalue weighted by atomic mass is 10.0. The number of nitrogens with zero attached hydrogens (tertiary/aromatic N) is 4. The van der Waals surface area contributed by atoms with Crippen molar-refractivity contribution in [2.24, 2.45) is 0 Å². The number of carbonyl (C=O) groups is 1. The SMILES string of the molecule is N#Cc1ccc(CCNC(C(=O)Nc2ccc(-c3cnn(S)c3)cn2)c2ccccc2)cc1. The Bertz CT molecular complexity index is 1250. The van der Waals surface area contributed by atoms with Gasteiger partial charge in [0.1, 0.15) is 11.9 Å². The smallest absolute Gasteiger partial charge is 0.247 e. The fourth-order valence-corrected chi connectivity index (χ4v) is 3.59. The summed E-state index contributed by atoms with van der Waals surface area (Å²) in [5.74, 6) is 0.279. The predicted octanol–water partition coefficient (Wildman–Crippen LogP) is 4.02. The van der Waals surface area contributed by atoms with Crippen LogP contribution in [0.4, 0.5) is 5.82 Å². The summed E-state index contributed by atoms with van der Waals surface area (Å²) in [5, 5.41) is 19.2. The third-order valence-electron chi connectivity index (χ3n) is 5.16. The molecule has 1 amide bonds. The topological polar surface area (TPSA) is 95.6 Å². The van der Waals surface area contributed by atoms with E-state index in [1.54, 1.807) is 36.8 Å². The summed E-state index contributed by atoms with van der Waals surface area (Å²) >= 11 is 4.15. The van der Waals surface area contributed by atoms with Gasteiger partial charge in [0, 0.05) is 30.1 Å². The van der Waals surface area contributed by atoms with E-state index < -0.39 is 6.04 Å². The number of anilines is 1. The standard InChI is InChI=1S/C25H22N6OS/c26-14-19-8-6-18(7-9-19)12-13-27-24(20-4-2-1-3-5-20)25(32)30-23-11-10-21(15-28-23)22-16-29-31(33)17-22/h1-11,15-17,24,27,33H,12-13H2,(H,28,30,32). The normalized spacial score (nSPS) is 11.5. The molecule has 0 aliphatic heterocycles. The fraction of sp³-hybridized carbons (Fsp3) is 0.120. The number of hydrogen-bond donors (Lipinski definition) is 3. The maximum atomic E-state index is 13.1. The number of nitriles is 1. The molecule has 1 atom stereocenters. The highest BCUT2D eigenvalue weighted by Gasteiger charge is 2.20. The van der Waals surface area contributed by atoms with E-state index in [9.17, 15) is 4.79 Å². The largest absolute Gasteiger partial charge is 0.309 e. The van der Waals surface area contributed by atoms with Gasteiger partial charge in [0.05, 0.1) is 17.8 Å². The number of rotatable bonds is 8. The van der Waals surface area contributed by atoms with Crippen molar-refractivity contribution < 1.29 is 4.79 Å². The third-order valence-corrected chi connectivity index (χ3v) is 5.38. The van der Waals surface area contributed by atoms with Gasteiger partial charge in [-0.2, -0.15) is 10.4 Å². The van der Waals surface area contributed by atoms with Crippen molar-refractivity contribution in [3.05, 3.63) is 102 Å². The van der Waals surface area contributed by atoms with E-state index in [0.29, 0.717) is 17.9 Å². The second-order valence-corrected chi connectivity index (χ2v) is 7.84. The molecule has 8 heteroatoms. The van der Waals surface area contributed by atoms with Crippen molar-refractivity contribution in [1.29, 1.82) is 5.26 Å². The number of thiol groups is 1. The molecule has 2 aromatic carbocycles. The highest BCUT2D eigenvalue weighted by atomic mass is 32.1. The van der Waals surface area contributed by atoms with Crippen molar-refractivity contribution in [3.63, 3.8) is 0 Å². The second kappa shape index (κ2) is 10.6. The van der Waals surface area contributed by atoms with Gasteiger partial charge in [-0.3, -0.25) is 4.79 Å². The molecular weight excluding hydrogens is 432 g/mol. The summed E-state index contributed by atoms with van der Waals surface area (Å²) in [6.45, 7) is 0.596. The first-order valence-electron chi connectivity index (χ1n) is 10.4. The molecule has 0 saturated carbocycles. The quantitative estimate of drug-likeness (QED) is 0.350. The number of benzene rings is 2. The molecule has 33 heavy (non-hydrogen) atoms. The molecule has 2 heterocycles. The van der Waals surface area contributed by atoms with Crippen LogP contribution in [0.2, 0.25) is 0 Å². The number of hydrogen-bond acceptors (Lipinski definition) is 6. The van der Waals surface area contributed by atoms with E-state index in [2.05, 4.69) is 39.6 Å². The lowest BCUT2D eigenvalue weighted by Gasteiger charge is -2.19. The minimum atomic E-state index is -0.534. The van der Waals surface area contributed by atoms with E-state index in [0.717, 1.165) is 28.7 Å². The molecule has 164 valence electrons. The lowest BCUT2D eigenvalue weighted by molar-refractivity contribution is -0.118. The number of aromatic nitrogens is 3. The molecule has 7 nitrogen and oxygen atoms in total. The summed E-state index contributed by atoms with van der Waals surface area (Å²) in [6.07, 6.45) is 5.90. The Labute approximate surface area is 197 Å². The van der Waals surface area contributed by atoms with Crippen LogP contribution in [0.5, 0.6) is 0 Å². The molecule has 0 saturated heterocycles. The lowest BCUT2D eigenvalue weighted by Crippen LogP contribution is -2.34. The minimum Gasteiger partial charge on any atom is -0.309 e. The van der Waals surface area contributed by atoms with Crippen LogP contribution >= 0.6 is 12.8 Å². The van der Waals surface area contributed by atoms with Crippen molar-refractivity contribution >= 4 is 24.5 Å². The van der Waals surface area contributed by atoms with Gasteiger partial charge in [0.25, 0.3) is 0 Å². The molecule has 0 aliphatic carbocycles. The predicted molar refractivity (Wildman–Crippen MR) is 131 cm³/mol. The molecule has 0 radical (unpaired) electrons. The molecule has 4 rings (SSSR count). The van der Waals surface area contributed by atoms with Crippen molar-refractivity contribution in [2.75, 3.05) is 11.9 Å². The molecule has 0 fully saturated rings. The van der Waals surface area contributed by atoms with Crippen molar-refractivity contribution in [1.82, 2.24) is 19.5 Å². The van der Waals surface area contributed by atoms with Gasteiger partial charge in [0.2, 0.25) is 5.91 Å². The van der Waals surface area contributed by atoms with Crippen molar-refractivity contribution in [3.8, 4) is 17.2 Å². The number of amides is 1. The van der Waals surface area contributed by atoms with Crippen LogP contribution in [-0.4, -0.2) is 26.6 Å². The molecule has 0 aliphatic rings. The fourth-order valence-electron chi connectivity index (χ4n) is 3.41. The molecule has 2 aromatic heterocycles. The summed E-state index contributed by atoms with van der Waals surface area (Å²) < 4.78 is 1.43. The maximum absolute atomic E-state index is 13.1. The van der Waals surface area contributed by atoms with Gasteiger partial charge in [0.15, 0.2) is 0 Å². The summed E-state index contributed by atoms with van der Waals surface area (Å²) in [5.41, 5.74) is 4.37. The van der Waals surface area contributed by atoms with Crippen LogP contribution in [0.1, 0.15) is 22.7 Å². The van der Waals surface area contributed by atoms with Gasteiger partial charge < -0.3 is 10.6 Å². The van der Waals surface area contributed by atoms with Gasteiger partial charge in [-0.05, 0) is 54.6 Å². The zero-order chi connectivity index (χ0) is 23.0. The van der Waals surface area contributed by atoms with Gasteiger partial charge in [-0.25, -0.2) is 9.07 Å². The van der Waals surface area contributed by atoms with Gasteiger partial charge in [-0.15, -0.1) is 0 Å². The van der Waals surface area contributed by atoms with Crippen LogP contribution in [0.3, 0.4) is 0 Å². The molecule has 0 bridgehead atoms. The third kappa shape index (κ3) is 5.86. The van der Waals surface area contributed by atoms with E-state index in [1.807, 2.05) is 48.5 Å². The van der Waals surface area contributed by atoms with E-state index in [1.165, 1.54) is 4.09 Å². The Morgan fingerprint density at radius 3 is 2.45 bits per heavy atom. The Balaban J connectivity index is 1.42. The van der Waals surface area contributed by atoms with Crippen LogP contribution < -0.4 is 10.6 Å². The van der Waals surface area contributed by atoms with E-state index in [4.69, 9.17) is 5.26 Å². The summed E-state index contributed by atoms with van der Waals surface area (Å²) in [7, 11) is 0. The summed E-state index contributed by atoms with van der Waals surface area (Å²) in [4.78, 5) is 17.5. The van der Waals surface area contributed by atoms with Gasteiger partial charge in [-0.1, -0.05) is 42.5 Å². The Morgan fingerprint density at radius 1 is 1.03 bits per heavy atom. The zero-order valence-corrected chi connectivity index (χ0v) is 18.6. The van der Waals surface area contributed by atoms with E-state index >= 15 is 0 Å². The Hall–Kier alpha value is -3.93. The highest BCUT2D eigenvalue weighted by Crippen LogP contribution is 2.20. The first kappa shape index (κ1) is 22.3. The average molecular weight is 455 g/mol. The van der Waals surface area contributed by atoms with E-state index in [-0.39, 0.29) is 5.91 Å². The second-order valence-electron chi connectivity index (χ2n) is 7.43. The van der Waals surface area contributed by atoms with Crippen molar-refractivity contribution in [2.45, 2.75) is 12.5 Å². The number of pyridine rings is 1. The van der Waals surface area contributed by atoms with Crippen LogP contribution in [0.25, 0.3) is 11.1 Å². The van der Waals surface area contributed by atoms with Crippen LogP contribution in [-0.2, 0) is 11.2 Å². The number of nitrogens with one attached hydrogen (secondary N) is 2. The van der Waals surface area contributed by atoms with Crippen LogP contribution in [0.15, 0.2) is 85.3 Å². The molecular formula is C25H22N6OS. The highest BCUT2D eigenvalue weighted by molar-refractivity contribution is 7.78. The molecule has 4 aromatic rings.